The van der Waals surface area contributed by atoms with Crippen molar-refractivity contribution in [2.45, 2.75) is 84.6 Å². The van der Waals surface area contributed by atoms with Crippen LogP contribution in [0.3, 0.4) is 0 Å². The highest BCUT2D eigenvalue weighted by Crippen LogP contribution is 2.13. The summed E-state index contributed by atoms with van der Waals surface area (Å²) in [7, 11) is 0. The Morgan fingerprint density at radius 1 is 0.875 bits per heavy atom. The Morgan fingerprint density at radius 3 is 2.25 bits per heavy atom. The molecule has 2 aromatic carbocycles. The van der Waals surface area contributed by atoms with Gasteiger partial charge in [0.05, 0.1) is 5.69 Å². The Bertz CT molecular complexity index is 1550. The Kier molecular flexibility index (Phi) is 12.9. The van der Waals surface area contributed by atoms with Crippen LogP contribution < -0.4 is 21.3 Å². The first-order chi connectivity index (χ1) is 23.0. The molecule has 0 spiro atoms. The van der Waals surface area contributed by atoms with Gasteiger partial charge in [0.25, 0.3) is 5.91 Å². The van der Waals surface area contributed by atoms with Gasteiger partial charge in [0, 0.05) is 37.8 Å². The third-order valence-corrected chi connectivity index (χ3v) is 8.16. The largest absolute Gasteiger partial charge is 0.354 e. The number of nitrogens with zero attached hydrogens (tertiary/aromatic N) is 3. The number of rotatable bonds is 6. The van der Waals surface area contributed by atoms with Crippen LogP contribution in [0.4, 0.5) is 0 Å². The molecule has 0 unspecified atom stereocenters. The van der Waals surface area contributed by atoms with Crippen molar-refractivity contribution in [1.82, 2.24) is 35.9 Å². The fourth-order valence-electron chi connectivity index (χ4n) is 5.51. The van der Waals surface area contributed by atoms with E-state index in [1.165, 1.54) is 0 Å². The lowest BCUT2D eigenvalue weighted by molar-refractivity contribution is -0.133. The van der Waals surface area contributed by atoms with Crippen LogP contribution in [-0.2, 0) is 38.7 Å². The number of carbonyl (C=O) groups excluding carboxylic acids is 5. The fraction of sp³-hybridized carbons (Fsp3) is 0.444. The van der Waals surface area contributed by atoms with Gasteiger partial charge in [0.15, 0.2) is 0 Å². The summed E-state index contributed by atoms with van der Waals surface area (Å²) in [4.78, 5) is 68.5. The number of hydrogen-bond acceptors (Lipinski definition) is 6. The molecule has 5 rings (SSSR count). The molecule has 1 aromatic heterocycles. The molecule has 0 radical (unpaired) electrons. The first-order valence-electron chi connectivity index (χ1n) is 16.6. The van der Waals surface area contributed by atoms with Crippen LogP contribution in [0.25, 0.3) is 0 Å². The molecule has 2 aliphatic heterocycles. The van der Waals surface area contributed by atoms with Crippen molar-refractivity contribution in [2.75, 3.05) is 13.1 Å². The van der Waals surface area contributed by atoms with Crippen molar-refractivity contribution >= 4 is 29.5 Å². The molecule has 3 aromatic rings. The van der Waals surface area contributed by atoms with Crippen LogP contribution in [0.2, 0.25) is 0 Å². The second-order valence-electron chi connectivity index (χ2n) is 12.8. The zero-order valence-electron chi connectivity index (χ0n) is 28.2. The van der Waals surface area contributed by atoms with Crippen LogP contribution in [-0.4, -0.2) is 75.4 Å². The second-order valence-corrected chi connectivity index (χ2v) is 12.8. The smallest absolute Gasteiger partial charge is 0.251 e. The van der Waals surface area contributed by atoms with Crippen molar-refractivity contribution < 1.29 is 24.0 Å². The van der Waals surface area contributed by atoms with Gasteiger partial charge in [-0.1, -0.05) is 56.3 Å². The average molecular weight is 658 g/mol. The third-order valence-electron chi connectivity index (χ3n) is 8.16. The zero-order valence-corrected chi connectivity index (χ0v) is 28.2. The van der Waals surface area contributed by atoms with E-state index in [0.717, 1.165) is 16.8 Å². The van der Waals surface area contributed by atoms with Gasteiger partial charge >= 0.3 is 0 Å². The number of aryl methyl sites for hydroxylation is 1. The molecule has 3 heterocycles. The first kappa shape index (κ1) is 35.8. The Balaban J connectivity index is 1.59. The molecule has 12 heteroatoms. The van der Waals surface area contributed by atoms with Crippen molar-refractivity contribution in [2.24, 2.45) is 5.92 Å². The molecular weight excluding hydrogens is 610 g/mol. The van der Waals surface area contributed by atoms with Crippen LogP contribution in [0.5, 0.6) is 0 Å². The zero-order chi connectivity index (χ0) is 34.6. The van der Waals surface area contributed by atoms with Crippen molar-refractivity contribution in [3.63, 3.8) is 0 Å². The number of nitrogens with one attached hydrogen (secondary N) is 4. The molecule has 5 amide bonds. The van der Waals surface area contributed by atoms with Gasteiger partial charge in [-0.05, 0) is 68.4 Å². The quantitative estimate of drug-likeness (QED) is 0.299. The first-order valence-corrected chi connectivity index (χ1v) is 16.6. The molecule has 0 fully saturated rings. The molecule has 0 saturated heterocycles. The maximum absolute atomic E-state index is 13.7. The van der Waals surface area contributed by atoms with Gasteiger partial charge in [0.1, 0.15) is 24.7 Å². The van der Waals surface area contributed by atoms with Crippen LogP contribution >= 0.6 is 0 Å². The SMILES string of the molecule is Cc1ccn(CC(=O)N2CCCCNC(=O)[C@@H](C)NC(=O)[C@H](CC(C)C)NC(=O)[C@@H](Cc3ccccc3)NC(=O)c3ccc(cc3)C2)n1. The monoisotopic (exact) mass is 657 g/mol. The molecule has 3 atom stereocenters. The molecule has 256 valence electrons. The molecule has 12 nitrogen and oxygen atoms in total. The summed E-state index contributed by atoms with van der Waals surface area (Å²) < 4.78 is 1.61. The van der Waals surface area contributed by atoms with Gasteiger partial charge in [-0.2, -0.15) is 5.10 Å². The molecule has 0 saturated carbocycles. The predicted octanol–water partition coefficient (Wildman–Crippen LogP) is 2.51. The van der Waals surface area contributed by atoms with E-state index in [0.29, 0.717) is 44.5 Å². The standard InChI is InChI=1S/C36H47N7O5/c1-24(2)20-30-35(47)38-26(4)33(45)37-17-8-9-18-42(32(44)23-43-19-16-25(3)41-43)22-28-12-14-29(15-13-28)34(46)39-31(36(48)40-30)21-27-10-6-5-7-11-27/h5-7,10-16,19,24,26,30-31H,8-9,17-18,20-23H2,1-4H3,(H,37,45)(H,38,47)(H,39,46)(H,40,48)/t26-,30+,31-/m1/s1. The maximum atomic E-state index is 13.7. The number of fused-ring (bicyclic) bond motifs is 18. The number of hydrogen-bond donors (Lipinski definition) is 4. The van der Waals surface area contributed by atoms with E-state index < -0.39 is 35.8 Å². The van der Waals surface area contributed by atoms with E-state index in [-0.39, 0.29) is 30.7 Å². The summed E-state index contributed by atoms with van der Waals surface area (Å²) in [6.07, 6.45) is 3.57. The van der Waals surface area contributed by atoms with Crippen LogP contribution in [0.15, 0.2) is 66.9 Å². The third kappa shape index (κ3) is 10.8. The van der Waals surface area contributed by atoms with Crippen molar-refractivity contribution in [3.8, 4) is 0 Å². The maximum Gasteiger partial charge on any atom is 0.251 e. The highest BCUT2D eigenvalue weighted by atomic mass is 16.2. The van der Waals surface area contributed by atoms with Crippen LogP contribution in [0.1, 0.15) is 67.2 Å². The summed E-state index contributed by atoms with van der Waals surface area (Å²) in [5.74, 6) is -1.82. The summed E-state index contributed by atoms with van der Waals surface area (Å²) >= 11 is 0. The number of aromatic nitrogens is 2. The number of amides is 5. The van der Waals surface area contributed by atoms with Gasteiger partial charge < -0.3 is 26.2 Å². The molecule has 0 aliphatic carbocycles. The lowest BCUT2D eigenvalue weighted by Crippen LogP contribution is -2.57. The minimum absolute atomic E-state index is 0.0652. The highest BCUT2D eigenvalue weighted by Gasteiger charge is 2.29. The predicted molar refractivity (Wildman–Crippen MR) is 181 cm³/mol. The fourth-order valence-corrected chi connectivity index (χ4v) is 5.51. The molecule has 48 heavy (non-hydrogen) atoms. The van der Waals surface area contributed by atoms with E-state index >= 15 is 0 Å². The Hall–Kier alpha value is -5.00. The summed E-state index contributed by atoms with van der Waals surface area (Å²) in [5, 5.41) is 15.6. The number of carbonyl (C=O) groups is 5. The summed E-state index contributed by atoms with van der Waals surface area (Å²) in [6.45, 7) is 8.57. The lowest BCUT2D eigenvalue weighted by atomic mass is 10.0. The van der Waals surface area contributed by atoms with E-state index in [4.69, 9.17) is 0 Å². The van der Waals surface area contributed by atoms with E-state index in [1.54, 1.807) is 47.0 Å². The molecular formula is C36H47N7O5. The molecule has 2 bridgehead atoms. The van der Waals surface area contributed by atoms with Gasteiger partial charge in [-0.25, -0.2) is 0 Å². The Morgan fingerprint density at radius 2 is 1.58 bits per heavy atom. The topological polar surface area (TPSA) is 155 Å². The van der Waals surface area contributed by atoms with Crippen molar-refractivity contribution in [1.29, 1.82) is 0 Å². The van der Waals surface area contributed by atoms with Crippen molar-refractivity contribution in [3.05, 3.63) is 89.2 Å². The average Bonchev–Trinajstić information content (AvgIpc) is 3.47. The second kappa shape index (κ2) is 17.2. The van der Waals surface area contributed by atoms with Gasteiger partial charge in [-0.15, -0.1) is 0 Å². The normalized spacial score (nSPS) is 20.4. The lowest BCUT2D eigenvalue weighted by Gasteiger charge is -2.25. The van der Waals surface area contributed by atoms with Gasteiger partial charge in [-0.3, -0.25) is 28.7 Å². The molecule has 4 N–H and O–H groups in total. The van der Waals surface area contributed by atoms with Crippen LogP contribution in [0, 0.1) is 12.8 Å². The van der Waals surface area contributed by atoms with E-state index in [1.807, 2.05) is 57.2 Å². The summed E-state index contributed by atoms with van der Waals surface area (Å²) in [6, 6.07) is 15.4. The Labute approximate surface area is 282 Å². The highest BCUT2D eigenvalue weighted by molar-refractivity contribution is 5.99. The molecule has 2 aliphatic rings. The van der Waals surface area contributed by atoms with Gasteiger partial charge in [0.2, 0.25) is 23.6 Å². The number of benzene rings is 2. The minimum Gasteiger partial charge on any atom is -0.354 e. The van der Waals surface area contributed by atoms with E-state index in [9.17, 15) is 24.0 Å². The summed E-state index contributed by atoms with van der Waals surface area (Å²) in [5.41, 5.74) is 2.85. The minimum atomic E-state index is -0.976. The van der Waals surface area contributed by atoms with E-state index in [2.05, 4.69) is 26.4 Å².